The number of nitro benzene ring substituents is 1. The molecule has 0 N–H and O–H groups in total. The van der Waals surface area contributed by atoms with Gasteiger partial charge in [0, 0.05) is 11.1 Å². The van der Waals surface area contributed by atoms with Crippen LogP contribution in [0.4, 0.5) is 5.69 Å². The summed E-state index contributed by atoms with van der Waals surface area (Å²) in [6, 6.07) is 7.48. The maximum Gasteiger partial charge on any atom is 0.312 e. The summed E-state index contributed by atoms with van der Waals surface area (Å²) in [5, 5.41) is 14.9. The summed E-state index contributed by atoms with van der Waals surface area (Å²) in [5.41, 5.74) is -0.238. The third kappa shape index (κ3) is 2.91. The molecule has 22 heavy (non-hydrogen) atoms. The fourth-order valence-corrected chi connectivity index (χ4v) is 1.88. The van der Waals surface area contributed by atoms with E-state index in [0.29, 0.717) is 5.76 Å². The van der Waals surface area contributed by atoms with Gasteiger partial charge in [0.25, 0.3) is 5.89 Å². The van der Waals surface area contributed by atoms with E-state index in [9.17, 15) is 10.1 Å². The van der Waals surface area contributed by atoms with Crippen molar-refractivity contribution in [3.63, 3.8) is 0 Å². The number of rotatable bonds is 5. The van der Waals surface area contributed by atoms with Crippen LogP contribution in [0.1, 0.15) is 5.89 Å². The Labute approximate surface area is 128 Å². The number of hydrogen-bond donors (Lipinski definition) is 0. The molecule has 0 aliphatic rings. The first-order valence-corrected chi connectivity index (χ1v) is 6.44. The minimum atomic E-state index is -0.580. The van der Waals surface area contributed by atoms with Crippen molar-refractivity contribution in [2.24, 2.45) is 0 Å². The molecule has 0 spiro atoms. The quantitative estimate of drug-likeness (QED) is 0.523. The number of hydrogen-bond acceptors (Lipinski definition) is 7. The van der Waals surface area contributed by atoms with E-state index in [1.807, 2.05) is 0 Å². The lowest BCUT2D eigenvalue weighted by molar-refractivity contribution is -0.385. The van der Waals surface area contributed by atoms with Gasteiger partial charge in [-0.25, -0.2) is 0 Å². The predicted molar refractivity (Wildman–Crippen MR) is 74.4 cm³/mol. The third-order valence-electron chi connectivity index (χ3n) is 2.68. The van der Waals surface area contributed by atoms with Gasteiger partial charge in [-0.05, 0) is 24.3 Å². The van der Waals surface area contributed by atoms with E-state index in [1.54, 1.807) is 12.1 Å². The topological polar surface area (TPSA) is 104 Å². The van der Waals surface area contributed by atoms with Gasteiger partial charge in [-0.15, -0.1) is 0 Å². The molecule has 0 saturated heterocycles. The van der Waals surface area contributed by atoms with Gasteiger partial charge in [0.15, 0.2) is 18.1 Å². The molecule has 0 fully saturated rings. The van der Waals surface area contributed by atoms with Crippen LogP contribution in [-0.2, 0) is 6.61 Å². The summed E-state index contributed by atoms with van der Waals surface area (Å²) in [6.07, 6.45) is 1.49. The lowest BCUT2D eigenvalue weighted by Crippen LogP contribution is -1.99. The molecule has 0 unspecified atom stereocenters. The summed E-state index contributed by atoms with van der Waals surface area (Å²) in [6.45, 7) is -0.115. The molecule has 0 bridgehead atoms. The van der Waals surface area contributed by atoms with Crippen molar-refractivity contribution in [2.75, 3.05) is 0 Å². The largest absolute Gasteiger partial charge is 0.477 e. The fraction of sp³-hybridized carbons (Fsp3) is 0.0769. The molecule has 8 nitrogen and oxygen atoms in total. The number of nitro groups is 1. The van der Waals surface area contributed by atoms with Gasteiger partial charge in [0.2, 0.25) is 5.82 Å². The second kappa shape index (κ2) is 5.86. The SMILES string of the molecule is O=[N+]([O-])c1cc(Cl)ccc1OCc1nc(-c2ccco2)no1. The summed E-state index contributed by atoms with van der Waals surface area (Å²) in [7, 11) is 0. The minimum Gasteiger partial charge on any atom is -0.477 e. The van der Waals surface area contributed by atoms with Crippen LogP contribution in [0.5, 0.6) is 5.75 Å². The number of halogens is 1. The zero-order valence-electron chi connectivity index (χ0n) is 10.9. The Balaban J connectivity index is 1.74. The molecule has 2 aromatic heterocycles. The average Bonchev–Trinajstić information content (AvgIpc) is 3.16. The molecule has 3 rings (SSSR count). The Morgan fingerprint density at radius 2 is 2.23 bits per heavy atom. The number of furan rings is 1. The van der Waals surface area contributed by atoms with E-state index < -0.39 is 4.92 Å². The van der Waals surface area contributed by atoms with Crippen LogP contribution in [0, 0.1) is 10.1 Å². The molecule has 0 aliphatic carbocycles. The number of aromatic nitrogens is 2. The highest BCUT2D eigenvalue weighted by atomic mass is 35.5. The van der Waals surface area contributed by atoms with Crippen molar-refractivity contribution in [2.45, 2.75) is 6.61 Å². The van der Waals surface area contributed by atoms with E-state index in [-0.39, 0.29) is 34.8 Å². The molecule has 0 saturated carbocycles. The van der Waals surface area contributed by atoms with E-state index >= 15 is 0 Å². The lowest BCUT2D eigenvalue weighted by Gasteiger charge is -2.04. The van der Waals surface area contributed by atoms with Gasteiger partial charge in [-0.3, -0.25) is 10.1 Å². The maximum atomic E-state index is 10.9. The Morgan fingerprint density at radius 1 is 1.36 bits per heavy atom. The smallest absolute Gasteiger partial charge is 0.312 e. The van der Waals surface area contributed by atoms with Crippen molar-refractivity contribution in [3.05, 3.63) is 57.6 Å². The number of ether oxygens (including phenoxy) is 1. The Kier molecular flexibility index (Phi) is 3.75. The molecule has 0 radical (unpaired) electrons. The van der Waals surface area contributed by atoms with Crippen molar-refractivity contribution in [3.8, 4) is 17.3 Å². The first kappa shape index (κ1) is 14.1. The van der Waals surface area contributed by atoms with Crippen LogP contribution in [0.2, 0.25) is 5.02 Å². The Hall–Kier alpha value is -2.87. The molecule has 0 atom stereocenters. The molecule has 9 heteroatoms. The van der Waals surface area contributed by atoms with Gasteiger partial charge >= 0.3 is 5.69 Å². The first-order chi connectivity index (χ1) is 10.6. The number of nitrogens with zero attached hydrogens (tertiary/aromatic N) is 3. The van der Waals surface area contributed by atoms with Gasteiger partial charge in [-0.1, -0.05) is 16.8 Å². The molecule has 2 heterocycles. The second-order valence-electron chi connectivity index (χ2n) is 4.15. The van der Waals surface area contributed by atoms with Crippen molar-refractivity contribution >= 4 is 17.3 Å². The third-order valence-corrected chi connectivity index (χ3v) is 2.91. The van der Waals surface area contributed by atoms with Crippen LogP contribution in [-0.4, -0.2) is 15.1 Å². The van der Waals surface area contributed by atoms with Gasteiger partial charge in [0.1, 0.15) is 0 Å². The second-order valence-corrected chi connectivity index (χ2v) is 4.58. The van der Waals surface area contributed by atoms with Crippen molar-refractivity contribution in [1.29, 1.82) is 0 Å². The Morgan fingerprint density at radius 3 is 2.95 bits per heavy atom. The predicted octanol–water partition coefficient (Wildman–Crippen LogP) is 3.47. The van der Waals surface area contributed by atoms with Gasteiger partial charge in [0.05, 0.1) is 11.2 Å². The highest BCUT2D eigenvalue weighted by Gasteiger charge is 2.17. The van der Waals surface area contributed by atoms with E-state index in [2.05, 4.69) is 10.1 Å². The normalized spacial score (nSPS) is 10.6. The molecule has 3 aromatic rings. The standard InChI is InChI=1S/C13H8ClN3O5/c14-8-3-4-10(9(6-8)17(18)19)21-7-12-15-13(16-22-12)11-2-1-5-20-11/h1-6H,7H2. The van der Waals surface area contributed by atoms with E-state index in [1.165, 1.54) is 24.5 Å². The van der Waals surface area contributed by atoms with E-state index in [4.69, 9.17) is 25.3 Å². The van der Waals surface area contributed by atoms with Crippen LogP contribution in [0.25, 0.3) is 11.6 Å². The zero-order valence-corrected chi connectivity index (χ0v) is 11.7. The van der Waals surface area contributed by atoms with Crippen molar-refractivity contribution < 1.29 is 18.6 Å². The summed E-state index contributed by atoms with van der Waals surface area (Å²) >= 11 is 5.73. The molecule has 112 valence electrons. The lowest BCUT2D eigenvalue weighted by atomic mass is 10.3. The highest BCUT2D eigenvalue weighted by Crippen LogP contribution is 2.30. The van der Waals surface area contributed by atoms with E-state index in [0.717, 1.165) is 0 Å². The first-order valence-electron chi connectivity index (χ1n) is 6.06. The molecule has 1 aromatic carbocycles. The average molecular weight is 322 g/mol. The minimum absolute atomic E-state index is 0.0622. The van der Waals surface area contributed by atoms with Crippen LogP contribution >= 0.6 is 11.6 Å². The van der Waals surface area contributed by atoms with Crippen molar-refractivity contribution in [1.82, 2.24) is 10.1 Å². The zero-order chi connectivity index (χ0) is 15.5. The fourth-order valence-electron chi connectivity index (χ4n) is 1.71. The summed E-state index contributed by atoms with van der Waals surface area (Å²) in [4.78, 5) is 14.4. The Bertz CT molecular complexity index is 800. The monoisotopic (exact) mass is 321 g/mol. The number of benzene rings is 1. The molecular formula is C13H8ClN3O5. The van der Waals surface area contributed by atoms with Crippen LogP contribution in [0.3, 0.4) is 0 Å². The van der Waals surface area contributed by atoms with Gasteiger partial charge < -0.3 is 13.7 Å². The molecule has 0 aliphatic heterocycles. The highest BCUT2D eigenvalue weighted by molar-refractivity contribution is 6.30. The van der Waals surface area contributed by atoms with Crippen LogP contribution in [0.15, 0.2) is 45.5 Å². The molecule has 0 amide bonds. The maximum absolute atomic E-state index is 10.9. The summed E-state index contributed by atoms with van der Waals surface area (Å²) < 4.78 is 15.5. The van der Waals surface area contributed by atoms with Gasteiger partial charge in [-0.2, -0.15) is 4.98 Å². The molecular weight excluding hydrogens is 314 g/mol. The summed E-state index contributed by atoms with van der Waals surface area (Å²) in [5.74, 6) is 0.949. The van der Waals surface area contributed by atoms with Crippen LogP contribution < -0.4 is 4.74 Å².